The van der Waals surface area contributed by atoms with Crippen LogP contribution in [0.4, 0.5) is 5.69 Å². The average Bonchev–Trinajstić information content (AvgIpc) is 2.63. The first-order valence-corrected chi connectivity index (χ1v) is 7.11. The van der Waals surface area contributed by atoms with Crippen LogP contribution in [0.1, 0.15) is 19.4 Å². The summed E-state index contributed by atoms with van der Waals surface area (Å²) in [6.07, 6.45) is 2.21. The van der Waals surface area contributed by atoms with Crippen molar-refractivity contribution in [3.05, 3.63) is 30.0 Å². The third-order valence-corrected chi connectivity index (χ3v) is 4.10. The number of aromatic nitrogens is 1. The lowest BCUT2D eigenvalue weighted by molar-refractivity contribution is 0.407. The smallest absolute Gasteiger partial charge is 0.0501 e. The van der Waals surface area contributed by atoms with Gasteiger partial charge in [-0.3, -0.25) is 0 Å². The molecule has 1 aliphatic heterocycles. The molecule has 0 radical (unpaired) electrons. The molecule has 2 unspecified atom stereocenters. The highest BCUT2D eigenvalue weighted by molar-refractivity contribution is 5.86. The van der Waals surface area contributed by atoms with E-state index in [1.807, 2.05) is 0 Å². The van der Waals surface area contributed by atoms with Gasteiger partial charge in [-0.1, -0.05) is 6.07 Å². The summed E-state index contributed by atoms with van der Waals surface area (Å²) in [5.41, 5.74) is 4.02. The number of hydrogen-bond acceptors (Lipinski definition) is 2. The average molecular weight is 257 g/mol. The van der Waals surface area contributed by atoms with Crippen LogP contribution in [-0.2, 0) is 7.05 Å². The number of hydrogen-bond donors (Lipinski definition) is 1. The number of fused-ring (bicyclic) bond motifs is 1. The molecule has 0 saturated carbocycles. The van der Waals surface area contributed by atoms with Crippen molar-refractivity contribution >= 4 is 16.6 Å². The van der Waals surface area contributed by atoms with Crippen molar-refractivity contribution in [2.45, 2.75) is 32.9 Å². The summed E-state index contributed by atoms with van der Waals surface area (Å²) < 4.78 is 2.23. The molecule has 1 aromatic heterocycles. The van der Waals surface area contributed by atoms with Crippen LogP contribution in [0, 0.1) is 6.92 Å². The highest BCUT2D eigenvalue weighted by atomic mass is 15.2. The van der Waals surface area contributed by atoms with Gasteiger partial charge in [-0.15, -0.1) is 0 Å². The molecule has 0 amide bonds. The quantitative estimate of drug-likeness (QED) is 0.847. The minimum atomic E-state index is 0.551. The van der Waals surface area contributed by atoms with Gasteiger partial charge in [-0.05, 0) is 38.5 Å². The minimum Gasteiger partial charge on any atom is -0.368 e. The largest absolute Gasteiger partial charge is 0.368 e. The van der Waals surface area contributed by atoms with Crippen molar-refractivity contribution in [2.75, 3.05) is 18.0 Å². The van der Waals surface area contributed by atoms with Crippen LogP contribution in [-0.4, -0.2) is 29.7 Å². The summed E-state index contributed by atoms with van der Waals surface area (Å²) >= 11 is 0. The molecule has 2 atom stereocenters. The second-order valence-electron chi connectivity index (χ2n) is 6.00. The molecule has 0 aliphatic carbocycles. The van der Waals surface area contributed by atoms with E-state index in [2.05, 4.69) is 67.0 Å². The Morgan fingerprint density at radius 3 is 2.53 bits per heavy atom. The van der Waals surface area contributed by atoms with Gasteiger partial charge in [0, 0.05) is 49.5 Å². The Morgan fingerprint density at radius 2 is 1.84 bits per heavy atom. The van der Waals surface area contributed by atoms with E-state index in [0.29, 0.717) is 12.1 Å². The van der Waals surface area contributed by atoms with E-state index in [0.717, 1.165) is 13.1 Å². The van der Waals surface area contributed by atoms with Gasteiger partial charge in [0.1, 0.15) is 0 Å². The lowest BCUT2D eigenvalue weighted by Gasteiger charge is -2.37. The van der Waals surface area contributed by atoms with Crippen molar-refractivity contribution in [2.24, 2.45) is 7.05 Å². The molecule has 1 aliphatic rings. The molecular weight excluding hydrogens is 234 g/mol. The Kier molecular flexibility index (Phi) is 3.02. The van der Waals surface area contributed by atoms with E-state index in [-0.39, 0.29) is 0 Å². The molecule has 1 saturated heterocycles. The topological polar surface area (TPSA) is 20.2 Å². The number of nitrogens with one attached hydrogen (secondary N) is 1. The van der Waals surface area contributed by atoms with Gasteiger partial charge in [0.25, 0.3) is 0 Å². The lowest BCUT2D eigenvalue weighted by Crippen LogP contribution is -2.54. The fourth-order valence-electron chi connectivity index (χ4n) is 3.31. The van der Waals surface area contributed by atoms with Crippen LogP contribution in [0.15, 0.2) is 24.4 Å². The van der Waals surface area contributed by atoms with Crippen LogP contribution in [0.2, 0.25) is 0 Å². The fraction of sp³-hybridized carbons (Fsp3) is 0.500. The molecule has 3 heteroatoms. The first kappa shape index (κ1) is 12.5. The molecular formula is C16H23N3. The summed E-state index contributed by atoms with van der Waals surface area (Å²) in [5.74, 6) is 0. The Morgan fingerprint density at radius 1 is 1.16 bits per heavy atom. The van der Waals surface area contributed by atoms with Gasteiger partial charge in [-0.2, -0.15) is 0 Å². The first-order chi connectivity index (χ1) is 9.04. The van der Waals surface area contributed by atoms with Gasteiger partial charge in [0.2, 0.25) is 0 Å². The molecule has 2 heterocycles. The second-order valence-corrected chi connectivity index (χ2v) is 6.00. The van der Waals surface area contributed by atoms with Gasteiger partial charge < -0.3 is 14.8 Å². The number of aryl methyl sites for hydroxylation is 2. The van der Waals surface area contributed by atoms with E-state index < -0.39 is 0 Å². The van der Waals surface area contributed by atoms with Gasteiger partial charge in [0.15, 0.2) is 0 Å². The Hall–Kier alpha value is -1.48. The molecule has 102 valence electrons. The third kappa shape index (κ3) is 2.23. The summed E-state index contributed by atoms with van der Waals surface area (Å²) in [5, 5.41) is 4.95. The highest BCUT2D eigenvalue weighted by Gasteiger charge is 2.21. The normalized spacial score (nSPS) is 24.1. The maximum Gasteiger partial charge on any atom is 0.0501 e. The van der Waals surface area contributed by atoms with Crippen LogP contribution in [0.25, 0.3) is 10.9 Å². The molecule has 2 aromatic rings. The second kappa shape index (κ2) is 4.57. The summed E-state index contributed by atoms with van der Waals surface area (Å²) in [6, 6.07) is 7.95. The molecule has 0 bridgehead atoms. The predicted molar refractivity (Wildman–Crippen MR) is 81.9 cm³/mol. The van der Waals surface area contributed by atoms with E-state index >= 15 is 0 Å². The standard InChI is InChI=1S/C16H23N3/c1-11-8-18(4)16-7-14(5-6-15(11)16)19-9-12(2)17-13(3)10-19/h5-8,12-13,17H,9-10H2,1-4H3. The number of nitrogens with zero attached hydrogens (tertiary/aromatic N) is 2. The van der Waals surface area contributed by atoms with Crippen molar-refractivity contribution < 1.29 is 0 Å². The fourth-order valence-corrected chi connectivity index (χ4v) is 3.31. The highest BCUT2D eigenvalue weighted by Crippen LogP contribution is 2.26. The van der Waals surface area contributed by atoms with Crippen LogP contribution < -0.4 is 10.2 Å². The number of piperazine rings is 1. The third-order valence-electron chi connectivity index (χ3n) is 4.10. The van der Waals surface area contributed by atoms with E-state index in [9.17, 15) is 0 Å². The minimum absolute atomic E-state index is 0.551. The van der Waals surface area contributed by atoms with Crippen molar-refractivity contribution in [3.8, 4) is 0 Å². The van der Waals surface area contributed by atoms with E-state index in [1.165, 1.54) is 22.2 Å². The molecule has 3 rings (SSSR count). The molecule has 1 aromatic carbocycles. The lowest BCUT2D eigenvalue weighted by atomic mass is 10.1. The monoisotopic (exact) mass is 257 g/mol. The maximum atomic E-state index is 3.58. The summed E-state index contributed by atoms with van der Waals surface area (Å²) in [7, 11) is 2.13. The van der Waals surface area contributed by atoms with Gasteiger partial charge in [-0.25, -0.2) is 0 Å². The Labute approximate surface area is 115 Å². The summed E-state index contributed by atoms with van der Waals surface area (Å²) in [6.45, 7) is 8.86. The number of anilines is 1. The molecule has 1 N–H and O–H groups in total. The maximum absolute atomic E-state index is 3.58. The first-order valence-electron chi connectivity index (χ1n) is 7.11. The number of rotatable bonds is 1. The van der Waals surface area contributed by atoms with Gasteiger partial charge in [0.05, 0.1) is 5.52 Å². The van der Waals surface area contributed by atoms with Crippen molar-refractivity contribution in [1.29, 1.82) is 0 Å². The molecule has 19 heavy (non-hydrogen) atoms. The molecule has 1 fully saturated rings. The zero-order chi connectivity index (χ0) is 13.6. The molecule has 0 spiro atoms. The predicted octanol–water partition coefficient (Wildman–Crippen LogP) is 2.67. The Bertz CT molecular complexity index is 589. The van der Waals surface area contributed by atoms with Crippen molar-refractivity contribution in [1.82, 2.24) is 9.88 Å². The summed E-state index contributed by atoms with van der Waals surface area (Å²) in [4.78, 5) is 2.49. The van der Waals surface area contributed by atoms with Gasteiger partial charge >= 0.3 is 0 Å². The van der Waals surface area contributed by atoms with Crippen molar-refractivity contribution in [3.63, 3.8) is 0 Å². The SMILES string of the molecule is Cc1cn(C)c2cc(N3CC(C)NC(C)C3)ccc12. The zero-order valence-electron chi connectivity index (χ0n) is 12.3. The zero-order valence-corrected chi connectivity index (χ0v) is 12.3. The van der Waals surface area contributed by atoms with Crippen LogP contribution >= 0.6 is 0 Å². The van der Waals surface area contributed by atoms with Crippen LogP contribution in [0.3, 0.4) is 0 Å². The van der Waals surface area contributed by atoms with E-state index in [1.54, 1.807) is 0 Å². The number of benzene rings is 1. The Balaban J connectivity index is 1.98. The van der Waals surface area contributed by atoms with E-state index in [4.69, 9.17) is 0 Å². The molecule has 3 nitrogen and oxygen atoms in total. The van der Waals surface area contributed by atoms with Crippen LogP contribution in [0.5, 0.6) is 0 Å².